The largest absolute Gasteiger partial charge is 0.398 e. The first-order chi connectivity index (χ1) is 8.99. The summed E-state index contributed by atoms with van der Waals surface area (Å²) in [6.45, 7) is 0. The lowest BCUT2D eigenvalue weighted by atomic mass is 10.2. The molecule has 0 saturated carbocycles. The van der Waals surface area contributed by atoms with Gasteiger partial charge in [0, 0.05) is 15.7 Å². The third-order valence-electron chi connectivity index (χ3n) is 2.46. The summed E-state index contributed by atoms with van der Waals surface area (Å²) in [5.74, 6) is -0.302. The van der Waals surface area contributed by atoms with Gasteiger partial charge in [0.1, 0.15) is 0 Å². The van der Waals surface area contributed by atoms with Crippen LogP contribution in [0.1, 0.15) is 10.4 Å². The second-order valence-electron chi connectivity index (χ2n) is 3.79. The molecular weight excluding hydrogens is 351 g/mol. The molecular formula is C13H9BrCl2N2O. The number of hydrogen-bond donors (Lipinski definition) is 2. The van der Waals surface area contributed by atoms with Crippen molar-refractivity contribution in [3.63, 3.8) is 0 Å². The minimum absolute atomic E-state index is 0.302. The standard InChI is InChI=1S/C13H9BrCl2N2O/c14-8-5-4-7(6-10(8)17)13(19)18-11-3-1-2-9(15)12(11)16/h1-6H,17H2,(H,18,19). The van der Waals surface area contributed by atoms with Crippen LogP contribution in [0.3, 0.4) is 0 Å². The van der Waals surface area contributed by atoms with Crippen molar-refractivity contribution in [2.75, 3.05) is 11.1 Å². The van der Waals surface area contributed by atoms with Crippen LogP contribution in [0.2, 0.25) is 10.0 Å². The predicted molar refractivity (Wildman–Crippen MR) is 83.0 cm³/mol. The Hall–Kier alpha value is -1.23. The van der Waals surface area contributed by atoms with E-state index in [9.17, 15) is 4.79 Å². The highest BCUT2D eigenvalue weighted by Gasteiger charge is 2.11. The Morgan fingerprint density at radius 1 is 1.21 bits per heavy atom. The lowest BCUT2D eigenvalue weighted by molar-refractivity contribution is 0.102. The van der Waals surface area contributed by atoms with E-state index in [1.54, 1.807) is 36.4 Å². The molecule has 0 aliphatic rings. The Bertz CT molecular complexity index is 647. The number of hydrogen-bond acceptors (Lipinski definition) is 2. The van der Waals surface area contributed by atoms with E-state index in [-0.39, 0.29) is 5.91 Å². The van der Waals surface area contributed by atoms with Crippen molar-refractivity contribution in [1.29, 1.82) is 0 Å². The van der Waals surface area contributed by atoms with Crippen LogP contribution in [-0.2, 0) is 0 Å². The average Bonchev–Trinajstić information content (AvgIpc) is 2.38. The molecule has 0 aromatic heterocycles. The van der Waals surface area contributed by atoms with Gasteiger partial charge in [-0.05, 0) is 46.3 Å². The molecule has 2 aromatic carbocycles. The van der Waals surface area contributed by atoms with Gasteiger partial charge in [0.15, 0.2) is 0 Å². The van der Waals surface area contributed by atoms with Gasteiger partial charge in [-0.25, -0.2) is 0 Å². The maximum Gasteiger partial charge on any atom is 0.255 e. The van der Waals surface area contributed by atoms with Gasteiger partial charge in [-0.3, -0.25) is 4.79 Å². The maximum atomic E-state index is 12.1. The number of carbonyl (C=O) groups excluding carboxylic acids is 1. The number of rotatable bonds is 2. The van der Waals surface area contributed by atoms with E-state index in [2.05, 4.69) is 21.2 Å². The predicted octanol–water partition coefficient (Wildman–Crippen LogP) is 4.59. The number of amides is 1. The van der Waals surface area contributed by atoms with Crippen LogP contribution in [0.15, 0.2) is 40.9 Å². The van der Waals surface area contributed by atoms with Crippen LogP contribution in [0, 0.1) is 0 Å². The van der Waals surface area contributed by atoms with Crippen LogP contribution < -0.4 is 11.1 Å². The second kappa shape index (κ2) is 5.82. The number of nitrogens with two attached hydrogens (primary N) is 1. The summed E-state index contributed by atoms with van der Waals surface area (Å²) in [6, 6.07) is 9.99. The summed E-state index contributed by atoms with van der Waals surface area (Å²) >= 11 is 15.2. The van der Waals surface area contributed by atoms with Crippen molar-refractivity contribution >= 4 is 56.4 Å². The van der Waals surface area contributed by atoms with E-state index in [0.29, 0.717) is 27.0 Å². The van der Waals surface area contributed by atoms with Gasteiger partial charge >= 0.3 is 0 Å². The first-order valence-electron chi connectivity index (χ1n) is 5.29. The molecule has 2 aromatic rings. The Morgan fingerprint density at radius 3 is 2.63 bits per heavy atom. The Balaban J connectivity index is 2.26. The van der Waals surface area contributed by atoms with Gasteiger partial charge < -0.3 is 11.1 Å². The van der Waals surface area contributed by atoms with Gasteiger partial charge in [0.25, 0.3) is 5.91 Å². The summed E-state index contributed by atoms with van der Waals surface area (Å²) in [4.78, 5) is 12.1. The molecule has 0 bridgehead atoms. The third-order valence-corrected chi connectivity index (χ3v) is 4.00. The van der Waals surface area contributed by atoms with Crippen LogP contribution >= 0.6 is 39.1 Å². The number of nitrogens with one attached hydrogen (secondary N) is 1. The Kier molecular flexibility index (Phi) is 4.34. The quantitative estimate of drug-likeness (QED) is 0.770. The zero-order chi connectivity index (χ0) is 14.0. The lowest BCUT2D eigenvalue weighted by Gasteiger charge is -2.09. The van der Waals surface area contributed by atoms with Crippen molar-refractivity contribution in [3.8, 4) is 0 Å². The second-order valence-corrected chi connectivity index (χ2v) is 5.43. The van der Waals surface area contributed by atoms with Gasteiger partial charge in [-0.1, -0.05) is 29.3 Å². The summed E-state index contributed by atoms with van der Waals surface area (Å²) in [7, 11) is 0. The molecule has 6 heteroatoms. The Labute approximate surface area is 128 Å². The molecule has 0 unspecified atom stereocenters. The van der Waals surface area contributed by atoms with Crippen molar-refractivity contribution < 1.29 is 4.79 Å². The minimum atomic E-state index is -0.302. The molecule has 1 amide bonds. The first-order valence-corrected chi connectivity index (χ1v) is 6.84. The number of benzene rings is 2. The fourth-order valence-corrected chi connectivity index (χ4v) is 2.07. The van der Waals surface area contributed by atoms with Gasteiger partial charge in [0.2, 0.25) is 0 Å². The summed E-state index contributed by atoms with van der Waals surface area (Å²) in [5, 5.41) is 3.38. The van der Waals surface area contributed by atoms with E-state index in [4.69, 9.17) is 28.9 Å². The topological polar surface area (TPSA) is 55.1 Å². The molecule has 0 spiro atoms. The van der Waals surface area contributed by atoms with Crippen LogP contribution in [-0.4, -0.2) is 5.91 Å². The normalized spacial score (nSPS) is 10.3. The molecule has 3 nitrogen and oxygen atoms in total. The summed E-state index contributed by atoms with van der Waals surface area (Å²) in [6.07, 6.45) is 0. The summed E-state index contributed by atoms with van der Waals surface area (Å²) < 4.78 is 0.741. The molecule has 2 rings (SSSR count). The highest BCUT2D eigenvalue weighted by Crippen LogP contribution is 2.30. The molecule has 3 N–H and O–H groups in total. The number of carbonyl (C=O) groups is 1. The highest BCUT2D eigenvalue weighted by molar-refractivity contribution is 9.10. The molecule has 98 valence electrons. The molecule has 0 heterocycles. The first kappa shape index (κ1) is 14.2. The lowest BCUT2D eigenvalue weighted by Crippen LogP contribution is -2.12. The number of halogens is 3. The number of anilines is 2. The molecule has 19 heavy (non-hydrogen) atoms. The Morgan fingerprint density at radius 2 is 1.95 bits per heavy atom. The monoisotopic (exact) mass is 358 g/mol. The van der Waals surface area contributed by atoms with Crippen LogP contribution in [0.25, 0.3) is 0 Å². The fourth-order valence-electron chi connectivity index (χ4n) is 1.48. The fraction of sp³-hybridized carbons (Fsp3) is 0. The van der Waals surface area contributed by atoms with E-state index < -0.39 is 0 Å². The van der Waals surface area contributed by atoms with Gasteiger partial charge in [0.05, 0.1) is 15.7 Å². The molecule has 0 aliphatic heterocycles. The minimum Gasteiger partial charge on any atom is -0.398 e. The van der Waals surface area contributed by atoms with Crippen LogP contribution in [0.4, 0.5) is 11.4 Å². The maximum absolute atomic E-state index is 12.1. The van der Waals surface area contributed by atoms with Crippen molar-refractivity contribution in [3.05, 3.63) is 56.5 Å². The zero-order valence-corrected chi connectivity index (χ0v) is 12.7. The molecule has 0 atom stereocenters. The van der Waals surface area contributed by atoms with Crippen molar-refractivity contribution in [1.82, 2.24) is 0 Å². The molecule has 0 aliphatic carbocycles. The van der Waals surface area contributed by atoms with Gasteiger partial charge in [-0.15, -0.1) is 0 Å². The SMILES string of the molecule is Nc1cc(C(=O)Nc2cccc(Cl)c2Cl)ccc1Br. The average molecular weight is 360 g/mol. The van der Waals surface area contributed by atoms with Crippen molar-refractivity contribution in [2.24, 2.45) is 0 Å². The highest BCUT2D eigenvalue weighted by atomic mass is 79.9. The summed E-state index contributed by atoms with van der Waals surface area (Å²) in [5.41, 5.74) is 7.12. The molecule has 0 saturated heterocycles. The molecule has 0 radical (unpaired) electrons. The van der Waals surface area contributed by atoms with Gasteiger partial charge in [-0.2, -0.15) is 0 Å². The molecule has 0 fully saturated rings. The van der Waals surface area contributed by atoms with Crippen LogP contribution in [0.5, 0.6) is 0 Å². The zero-order valence-electron chi connectivity index (χ0n) is 9.58. The number of nitrogen functional groups attached to an aromatic ring is 1. The van der Waals surface area contributed by atoms with Crippen molar-refractivity contribution in [2.45, 2.75) is 0 Å². The smallest absolute Gasteiger partial charge is 0.255 e. The van der Waals surface area contributed by atoms with E-state index in [0.717, 1.165) is 4.47 Å². The third kappa shape index (κ3) is 3.21. The van der Waals surface area contributed by atoms with E-state index in [1.165, 1.54) is 0 Å². The van der Waals surface area contributed by atoms with E-state index >= 15 is 0 Å². The van der Waals surface area contributed by atoms with E-state index in [1.807, 2.05) is 0 Å².